The Hall–Kier alpha value is -1.92. The topological polar surface area (TPSA) is 91.0 Å². The summed E-state index contributed by atoms with van der Waals surface area (Å²) in [5, 5.41) is 1.18. The van der Waals surface area contributed by atoms with E-state index in [0.29, 0.717) is 16.8 Å². The molecule has 2 heterocycles. The molecule has 31 heavy (non-hydrogen) atoms. The van der Waals surface area contributed by atoms with Crippen LogP contribution in [0.25, 0.3) is 0 Å². The lowest BCUT2D eigenvalue weighted by molar-refractivity contribution is -0.149. The summed E-state index contributed by atoms with van der Waals surface area (Å²) in [4.78, 5) is 13.4. The number of halogens is 4. The van der Waals surface area contributed by atoms with Gasteiger partial charge < -0.3 is 10.1 Å². The van der Waals surface area contributed by atoms with Crippen LogP contribution in [-0.2, 0) is 14.8 Å². The first-order valence-electron chi connectivity index (χ1n) is 9.82. The minimum Gasteiger partial charge on any atom is -0.351 e. The highest BCUT2D eigenvalue weighted by atomic mass is 32.2. The van der Waals surface area contributed by atoms with E-state index in [4.69, 9.17) is 4.74 Å². The third-order valence-electron chi connectivity index (χ3n) is 5.30. The number of hydrogen-bond donors (Lipinski definition) is 2. The molecule has 0 bridgehead atoms. The zero-order chi connectivity index (χ0) is 23.3. The van der Waals surface area contributed by atoms with Gasteiger partial charge in [0.05, 0.1) is 6.54 Å². The maximum absolute atomic E-state index is 14.0. The SMILES string of the molecule is CC(C)c1cc(F)cc(C(C)C)c1NC(=O)NS(=O)(=O)C1CN(CC(F)(F)F)C2OC21. The number of hydrogen-bond acceptors (Lipinski definition) is 5. The van der Waals surface area contributed by atoms with Gasteiger partial charge in [0, 0.05) is 12.2 Å². The number of urea groups is 1. The van der Waals surface area contributed by atoms with Crippen LogP contribution < -0.4 is 10.0 Å². The molecule has 2 aliphatic heterocycles. The molecule has 3 unspecified atom stereocenters. The number of likely N-dealkylation sites (tertiary alicyclic amines) is 1. The molecule has 0 aromatic heterocycles. The minimum absolute atomic E-state index is 0.161. The predicted molar refractivity (Wildman–Crippen MR) is 106 cm³/mol. The van der Waals surface area contributed by atoms with Crippen LogP contribution in [0.1, 0.15) is 50.7 Å². The van der Waals surface area contributed by atoms with Gasteiger partial charge in [0.15, 0.2) is 0 Å². The van der Waals surface area contributed by atoms with Crippen LogP contribution in [-0.4, -0.2) is 56.2 Å². The van der Waals surface area contributed by atoms with E-state index >= 15 is 0 Å². The van der Waals surface area contributed by atoms with Crippen molar-refractivity contribution in [1.82, 2.24) is 9.62 Å². The maximum atomic E-state index is 14.0. The number of benzene rings is 1. The molecule has 12 heteroatoms. The Bertz CT molecular complexity index is 936. The molecule has 0 spiro atoms. The molecular formula is C19H25F4N3O4S. The number of anilines is 1. The number of carbonyl (C=O) groups excluding carboxylic acids is 1. The van der Waals surface area contributed by atoms with Crippen LogP contribution in [0.3, 0.4) is 0 Å². The molecule has 2 amide bonds. The van der Waals surface area contributed by atoms with Gasteiger partial charge in [0.1, 0.15) is 23.4 Å². The van der Waals surface area contributed by atoms with E-state index < -0.39 is 58.7 Å². The van der Waals surface area contributed by atoms with Gasteiger partial charge in [-0.2, -0.15) is 13.2 Å². The Kier molecular flexibility index (Phi) is 6.29. The number of ether oxygens (including phenoxy) is 1. The standard InChI is InChI=1S/C19H25F4N3O4S/c1-9(2)12-5-11(20)6-13(10(3)4)15(12)24-18(27)25-31(28,29)14-7-26(8-19(21,22)23)17-16(14)30-17/h5-6,9-10,14,16-17H,7-8H2,1-4H3,(H2,24,25,27). The summed E-state index contributed by atoms with van der Waals surface area (Å²) in [6, 6.07) is 1.48. The number of carbonyl (C=O) groups is 1. The lowest BCUT2D eigenvalue weighted by atomic mass is 9.92. The van der Waals surface area contributed by atoms with E-state index in [-0.39, 0.29) is 11.8 Å². The Balaban J connectivity index is 1.76. The number of epoxide rings is 1. The van der Waals surface area contributed by atoms with Gasteiger partial charge in [-0.15, -0.1) is 0 Å². The van der Waals surface area contributed by atoms with Gasteiger partial charge >= 0.3 is 12.2 Å². The Morgan fingerprint density at radius 3 is 2.23 bits per heavy atom. The molecule has 0 saturated carbocycles. The summed E-state index contributed by atoms with van der Waals surface area (Å²) in [6.07, 6.45) is -6.34. The van der Waals surface area contributed by atoms with Crippen LogP contribution in [0, 0.1) is 5.82 Å². The van der Waals surface area contributed by atoms with Crippen molar-refractivity contribution < 1.29 is 35.5 Å². The summed E-state index contributed by atoms with van der Waals surface area (Å²) in [7, 11) is -4.32. The van der Waals surface area contributed by atoms with Crippen molar-refractivity contribution in [2.45, 2.75) is 63.3 Å². The molecule has 0 aliphatic carbocycles. The fourth-order valence-electron chi connectivity index (χ4n) is 3.83. The largest absolute Gasteiger partial charge is 0.401 e. The molecule has 0 radical (unpaired) electrons. The van der Waals surface area contributed by atoms with Crippen LogP contribution in [0.4, 0.5) is 28.0 Å². The van der Waals surface area contributed by atoms with Crippen molar-refractivity contribution in [1.29, 1.82) is 0 Å². The Morgan fingerprint density at radius 1 is 1.19 bits per heavy atom. The first-order valence-corrected chi connectivity index (χ1v) is 11.4. The quantitative estimate of drug-likeness (QED) is 0.494. The summed E-state index contributed by atoms with van der Waals surface area (Å²) < 4.78 is 84.2. The Morgan fingerprint density at radius 2 is 1.74 bits per heavy atom. The van der Waals surface area contributed by atoms with Crippen molar-refractivity contribution in [3.63, 3.8) is 0 Å². The zero-order valence-corrected chi connectivity index (χ0v) is 18.3. The Labute approximate surface area is 178 Å². The second-order valence-electron chi connectivity index (χ2n) is 8.44. The third-order valence-corrected chi connectivity index (χ3v) is 6.99. The van der Waals surface area contributed by atoms with Gasteiger partial charge in [-0.25, -0.2) is 22.3 Å². The number of amides is 2. The minimum atomic E-state index is -4.50. The molecule has 174 valence electrons. The molecule has 1 aromatic rings. The molecule has 2 saturated heterocycles. The zero-order valence-electron chi connectivity index (χ0n) is 17.5. The molecule has 7 nitrogen and oxygen atoms in total. The number of alkyl halides is 3. The lowest BCUT2D eigenvalue weighted by Gasteiger charge is -2.22. The lowest BCUT2D eigenvalue weighted by Crippen LogP contribution is -2.45. The van der Waals surface area contributed by atoms with Crippen LogP contribution in [0.5, 0.6) is 0 Å². The highest BCUT2D eigenvalue weighted by molar-refractivity contribution is 7.90. The smallest absolute Gasteiger partial charge is 0.351 e. The number of rotatable bonds is 6. The number of nitrogens with zero attached hydrogens (tertiary/aromatic N) is 1. The van der Waals surface area contributed by atoms with Gasteiger partial charge in [-0.1, -0.05) is 27.7 Å². The first kappa shape index (κ1) is 23.7. The normalized spacial score (nSPS) is 23.9. The molecule has 3 atom stereocenters. The van der Waals surface area contributed by atoms with Crippen molar-refractivity contribution in [2.24, 2.45) is 0 Å². The second-order valence-corrected chi connectivity index (χ2v) is 10.3. The third kappa shape index (κ3) is 5.29. The fourth-order valence-corrected chi connectivity index (χ4v) is 5.23. The summed E-state index contributed by atoms with van der Waals surface area (Å²) in [6.45, 7) is 5.52. The fraction of sp³-hybridized carbons (Fsp3) is 0.632. The van der Waals surface area contributed by atoms with E-state index in [1.165, 1.54) is 12.1 Å². The van der Waals surface area contributed by atoms with Gasteiger partial charge in [-0.3, -0.25) is 4.90 Å². The summed E-state index contributed by atoms with van der Waals surface area (Å²) in [5.74, 6) is -0.795. The van der Waals surface area contributed by atoms with Crippen molar-refractivity contribution in [3.05, 3.63) is 29.1 Å². The predicted octanol–water partition coefficient (Wildman–Crippen LogP) is 3.50. The molecule has 2 aliphatic rings. The van der Waals surface area contributed by atoms with Crippen LogP contribution >= 0.6 is 0 Å². The number of nitrogens with one attached hydrogen (secondary N) is 2. The molecule has 1 aromatic carbocycles. The van der Waals surface area contributed by atoms with Crippen LogP contribution in [0.2, 0.25) is 0 Å². The van der Waals surface area contributed by atoms with Crippen molar-refractivity contribution >= 4 is 21.7 Å². The highest BCUT2D eigenvalue weighted by Crippen LogP contribution is 2.40. The maximum Gasteiger partial charge on any atom is 0.401 e. The molecule has 2 fully saturated rings. The van der Waals surface area contributed by atoms with Gasteiger partial charge in [0.25, 0.3) is 0 Å². The first-order chi connectivity index (χ1) is 14.2. The average molecular weight is 467 g/mol. The van der Waals surface area contributed by atoms with E-state index in [0.717, 1.165) is 4.90 Å². The second kappa shape index (κ2) is 8.21. The van der Waals surface area contributed by atoms with E-state index in [2.05, 4.69) is 5.32 Å². The van der Waals surface area contributed by atoms with Gasteiger partial charge in [-0.05, 0) is 35.1 Å². The van der Waals surface area contributed by atoms with Gasteiger partial charge in [0.2, 0.25) is 10.0 Å². The molecule has 3 rings (SSSR count). The van der Waals surface area contributed by atoms with Crippen molar-refractivity contribution in [2.75, 3.05) is 18.4 Å². The highest BCUT2D eigenvalue weighted by Gasteiger charge is 2.61. The van der Waals surface area contributed by atoms with E-state index in [1.807, 2.05) is 4.72 Å². The number of sulfonamides is 1. The average Bonchev–Trinajstić information content (AvgIpc) is 3.30. The summed E-state index contributed by atoms with van der Waals surface area (Å²) in [5.41, 5.74) is 1.31. The van der Waals surface area contributed by atoms with E-state index in [1.54, 1.807) is 27.7 Å². The molecule has 2 N–H and O–H groups in total. The van der Waals surface area contributed by atoms with Crippen molar-refractivity contribution in [3.8, 4) is 0 Å². The number of fused-ring (bicyclic) bond motifs is 1. The van der Waals surface area contributed by atoms with Crippen LogP contribution in [0.15, 0.2) is 12.1 Å². The molecular weight excluding hydrogens is 442 g/mol. The van der Waals surface area contributed by atoms with E-state index in [9.17, 15) is 30.8 Å². The monoisotopic (exact) mass is 467 g/mol. The summed E-state index contributed by atoms with van der Waals surface area (Å²) >= 11 is 0.